The highest BCUT2D eigenvalue weighted by atomic mass is 32.1. The zero-order chi connectivity index (χ0) is 37.2. The lowest BCUT2D eigenvalue weighted by atomic mass is 10.00. The van der Waals surface area contributed by atoms with E-state index in [1.165, 1.54) is 74.4 Å². The molecule has 0 fully saturated rings. The molecule has 8 aromatic carbocycles. The number of nitrogens with zero attached hydrogens (tertiary/aromatic N) is 5. The lowest BCUT2D eigenvalue weighted by Crippen LogP contribution is -2.06. The molecule has 0 atom stereocenters. The summed E-state index contributed by atoms with van der Waals surface area (Å²) < 4.78 is 7.37. The van der Waals surface area contributed by atoms with E-state index in [1.54, 1.807) is 0 Å². The molecule has 0 amide bonds. The predicted octanol–water partition coefficient (Wildman–Crippen LogP) is 13.5. The highest BCUT2D eigenvalue weighted by Gasteiger charge is 2.24. The summed E-state index contributed by atoms with van der Waals surface area (Å²) in [5.74, 6) is 1.86. The molecule has 0 aliphatic carbocycles. The van der Waals surface area contributed by atoms with E-state index in [0.717, 1.165) is 27.5 Å². The van der Waals surface area contributed by atoms with Gasteiger partial charge in [-0.15, -0.1) is 11.3 Å². The van der Waals surface area contributed by atoms with Gasteiger partial charge in [0.1, 0.15) is 0 Å². The Morgan fingerprint density at radius 2 is 0.842 bits per heavy atom. The zero-order valence-corrected chi connectivity index (χ0v) is 31.2. The van der Waals surface area contributed by atoms with Gasteiger partial charge in [-0.25, -0.2) is 4.98 Å². The molecule has 5 nitrogen and oxygen atoms in total. The van der Waals surface area contributed by atoms with Crippen LogP contribution in [0.2, 0.25) is 0 Å². The molecule has 0 aliphatic heterocycles. The lowest BCUT2D eigenvalue weighted by Gasteiger charge is -2.11. The molecule has 0 spiro atoms. The van der Waals surface area contributed by atoms with Crippen molar-refractivity contribution < 1.29 is 0 Å². The summed E-state index contributed by atoms with van der Waals surface area (Å²) in [6.45, 7) is 0. The molecule has 13 aromatic rings. The van der Waals surface area contributed by atoms with Crippen LogP contribution in [0.1, 0.15) is 0 Å². The zero-order valence-electron chi connectivity index (χ0n) is 30.4. The molecular weight excluding hydrogens is 715 g/mol. The Labute approximate surface area is 329 Å². The average molecular weight is 744 g/mol. The van der Waals surface area contributed by atoms with E-state index in [4.69, 9.17) is 15.0 Å². The fourth-order valence-corrected chi connectivity index (χ4v) is 10.6. The molecule has 5 heterocycles. The van der Waals surface area contributed by atoms with Crippen molar-refractivity contribution in [3.8, 4) is 28.7 Å². The molecule has 0 bridgehead atoms. The van der Waals surface area contributed by atoms with Gasteiger partial charge in [0.25, 0.3) is 0 Å². The number of thiophene rings is 1. The second kappa shape index (κ2) is 11.6. The Morgan fingerprint density at radius 1 is 0.333 bits per heavy atom. The molecule has 0 saturated carbocycles. The average Bonchev–Trinajstić information content (AvgIpc) is 3.95. The van der Waals surface area contributed by atoms with Gasteiger partial charge in [0.2, 0.25) is 5.95 Å². The fourth-order valence-electron chi connectivity index (χ4n) is 9.41. The van der Waals surface area contributed by atoms with Crippen molar-refractivity contribution in [2.45, 2.75) is 0 Å². The number of fused-ring (bicyclic) bond motifs is 11. The molecule has 0 aliphatic rings. The van der Waals surface area contributed by atoms with Gasteiger partial charge < -0.3 is 4.40 Å². The Hall–Kier alpha value is -7.41. The Balaban J connectivity index is 1.25. The summed E-state index contributed by atoms with van der Waals surface area (Å²) in [6.07, 6.45) is 0. The maximum Gasteiger partial charge on any atom is 0.238 e. The van der Waals surface area contributed by atoms with Gasteiger partial charge in [0.05, 0.1) is 27.6 Å². The van der Waals surface area contributed by atoms with Crippen LogP contribution < -0.4 is 0 Å². The Kier molecular flexibility index (Phi) is 6.26. The third-order valence-corrected chi connectivity index (χ3v) is 12.8. The minimum atomic E-state index is 0.586. The standard InChI is InChI=1S/C51H29N5S/c1-3-14-30(15-4-1)49-52-50(31-16-5-2-6-17-31)54-51(53-49)56-38-24-10-9-20-36(38)44-41(56)29-28-40-45(44)37-23-11-22-35-33-19-8-7-18-32(33)34-21-12-26-42-46(34)47-39(55(40)48(35)37)25-13-27-43(47)57-42/h1-29H. The smallest absolute Gasteiger partial charge is 0.238 e. The first-order valence-electron chi connectivity index (χ1n) is 19.2. The molecule has 264 valence electrons. The third kappa shape index (κ3) is 4.25. The molecular formula is C51H29N5S. The van der Waals surface area contributed by atoms with Crippen LogP contribution in [0.15, 0.2) is 176 Å². The van der Waals surface area contributed by atoms with E-state index >= 15 is 0 Å². The van der Waals surface area contributed by atoms with E-state index in [0.29, 0.717) is 17.6 Å². The van der Waals surface area contributed by atoms with Crippen LogP contribution in [0.3, 0.4) is 0 Å². The topological polar surface area (TPSA) is 48.0 Å². The van der Waals surface area contributed by atoms with Crippen LogP contribution in [0, 0.1) is 0 Å². The van der Waals surface area contributed by atoms with Crippen LogP contribution >= 0.6 is 11.3 Å². The van der Waals surface area contributed by atoms with E-state index in [1.807, 2.05) is 47.7 Å². The molecule has 0 N–H and O–H groups in total. The fraction of sp³-hybridized carbons (Fsp3) is 0. The molecule has 5 aromatic heterocycles. The van der Waals surface area contributed by atoms with Crippen molar-refractivity contribution in [3.05, 3.63) is 176 Å². The Bertz CT molecular complexity index is 3750. The summed E-state index contributed by atoms with van der Waals surface area (Å²) in [7, 11) is 0. The van der Waals surface area contributed by atoms with Gasteiger partial charge in [-0.1, -0.05) is 140 Å². The molecule has 57 heavy (non-hydrogen) atoms. The molecule has 0 unspecified atom stereocenters. The summed E-state index contributed by atoms with van der Waals surface area (Å²) >= 11 is 1.88. The summed E-state index contributed by atoms with van der Waals surface area (Å²) in [5.41, 5.74) is 7.56. The predicted molar refractivity (Wildman–Crippen MR) is 239 cm³/mol. The summed E-state index contributed by atoms with van der Waals surface area (Å²) in [6, 6.07) is 63.0. The van der Waals surface area contributed by atoms with Crippen molar-refractivity contribution in [1.29, 1.82) is 0 Å². The number of benzene rings is 8. The van der Waals surface area contributed by atoms with Crippen molar-refractivity contribution in [3.63, 3.8) is 0 Å². The first-order valence-corrected chi connectivity index (χ1v) is 20.0. The van der Waals surface area contributed by atoms with Gasteiger partial charge in [-0.05, 0) is 52.6 Å². The summed E-state index contributed by atoms with van der Waals surface area (Å²) in [5, 5.41) is 12.4. The number of hydrogen-bond donors (Lipinski definition) is 0. The molecule has 6 heteroatoms. The van der Waals surface area contributed by atoms with Crippen molar-refractivity contribution in [1.82, 2.24) is 23.9 Å². The molecule has 0 radical (unpaired) electrons. The highest BCUT2D eigenvalue weighted by molar-refractivity contribution is 7.26. The third-order valence-electron chi connectivity index (χ3n) is 11.7. The number of para-hydroxylation sites is 2. The van der Waals surface area contributed by atoms with Crippen LogP contribution in [0.25, 0.3) is 120 Å². The number of aromatic nitrogens is 5. The second-order valence-electron chi connectivity index (χ2n) is 14.7. The van der Waals surface area contributed by atoms with Crippen molar-refractivity contribution in [2.24, 2.45) is 0 Å². The first-order chi connectivity index (χ1) is 28.3. The number of rotatable bonds is 3. The summed E-state index contributed by atoms with van der Waals surface area (Å²) in [4.78, 5) is 15.5. The van der Waals surface area contributed by atoms with Crippen LogP contribution in [-0.2, 0) is 0 Å². The van der Waals surface area contributed by atoms with Gasteiger partial charge in [0.15, 0.2) is 11.6 Å². The van der Waals surface area contributed by atoms with Gasteiger partial charge in [-0.3, -0.25) is 4.57 Å². The number of hydrogen-bond acceptors (Lipinski definition) is 4. The maximum absolute atomic E-state index is 5.22. The highest BCUT2D eigenvalue weighted by Crippen LogP contribution is 2.46. The van der Waals surface area contributed by atoms with Crippen molar-refractivity contribution in [2.75, 3.05) is 0 Å². The van der Waals surface area contributed by atoms with E-state index < -0.39 is 0 Å². The first kappa shape index (κ1) is 30.9. The van der Waals surface area contributed by atoms with E-state index in [9.17, 15) is 0 Å². The van der Waals surface area contributed by atoms with Crippen LogP contribution in [-0.4, -0.2) is 23.9 Å². The second-order valence-corrected chi connectivity index (χ2v) is 15.8. The minimum Gasteiger partial charge on any atom is -0.308 e. The van der Waals surface area contributed by atoms with Gasteiger partial charge >= 0.3 is 0 Å². The monoisotopic (exact) mass is 743 g/mol. The minimum absolute atomic E-state index is 0.586. The normalized spacial score (nSPS) is 12.2. The van der Waals surface area contributed by atoms with Crippen LogP contribution in [0.4, 0.5) is 0 Å². The van der Waals surface area contributed by atoms with Crippen molar-refractivity contribution >= 4 is 102 Å². The van der Waals surface area contributed by atoms with Crippen LogP contribution in [0.5, 0.6) is 0 Å². The van der Waals surface area contributed by atoms with Gasteiger partial charge in [0, 0.05) is 58.2 Å². The molecule has 13 rings (SSSR count). The Morgan fingerprint density at radius 3 is 1.60 bits per heavy atom. The quantitative estimate of drug-likeness (QED) is 0.181. The molecule has 0 saturated heterocycles. The maximum atomic E-state index is 5.22. The largest absolute Gasteiger partial charge is 0.308 e. The van der Waals surface area contributed by atoms with E-state index in [-0.39, 0.29) is 0 Å². The lowest BCUT2D eigenvalue weighted by molar-refractivity contribution is 0.953. The van der Waals surface area contributed by atoms with Gasteiger partial charge in [-0.2, -0.15) is 9.97 Å². The van der Waals surface area contributed by atoms with E-state index in [2.05, 4.69) is 148 Å². The SMILES string of the molecule is c1ccc(-c2nc(-c3ccccc3)nc(-n3c4ccccc4c4c5c6cccc7c8ccccc8c8cccc9sc%10cccc(c%10c98)n(c5ccc43)c76)n2)cc1.